The minimum Gasteiger partial charge on any atom is -0.298 e. The molecule has 6 nitrogen and oxygen atoms in total. The molecule has 0 fully saturated rings. The van der Waals surface area contributed by atoms with E-state index in [0.29, 0.717) is 26.4 Å². The Morgan fingerprint density at radius 3 is 2.72 bits per heavy atom. The summed E-state index contributed by atoms with van der Waals surface area (Å²) in [5.41, 5.74) is 0.881. The van der Waals surface area contributed by atoms with Crippen LogP contribution in [0.25, 0.3) is 11.3 Å². The molecule has 2 aromatic carbocycles. The first-order valence-electron chi connectivity index (χ1n) is 6.91. The third-order valence-corrected chi connectivity index (χ3v) is 4.60. The van der Waals surface area contributed by atoms with E-state index >= 15 is 0 Å². The molecular weight excluding hydrogens is 385 g/mol. The van der Waals surface area contributed by atoms with E-state index in [4.69, 9.17) is 23.2 Å². The van der Waals surface area contributed by atoms with Crippen molar-refractivity contribution in [2.24, 2.45) is 0 Å². The van der Waals surface area contributed by atoms with Crippen molar-refractivity contribution in [3.63, 3.8) is 0 Å². The normalized spacial score (nSPS) is 10.5. The SMILES string of the molecule is O=C(Nc1nc(-c2cc(Cl)ccc2Cl)cs1)c1ccccc1[N+](=O)[O-]. The average Bonchev–Trinajstić information content (AvgIpc) is 3.05. The van der Waals surface area contributed by atoms with E-state index in [0.717, 1.165) is 0 Å². The molecule has 0 spiro atoms. The van der Waals surface area contributed by atoms with Crippen LogP contribution >= 0.6 is 34.5 Å². The summed E-state index contributed by atoms with van der Waals surface area (Å²) in [7, 11) is 0. The summed E-state index contributed by atoms with van der Waals surface area (Å²) >= 11 is 13.3. The van der Waals surface area contributed by atoms with E-state index in [1.54, 1.807) is 29.6 Å². The summed E-state index contributed by atoms with van der Waals surface area (Å²) < 4.78 is 0. The smallest absolute Gasteiger partial charge is 0.282 e. The van der Waals surface area contributed by atoms with Crippen molar-refractivity contribution in [1.29, 1.82) is 0 Å². The van der Waals surface area contributed by atoms with Crippen LogP contribution in [0.4, 0.5) is 10.8 Å². The predicted octanol–water partition coefficient (Wildman–Crippen LogP) is 5.28. The van der Waals surface area contributed by atoms with E-state index < -0.39 is 10.8 Å². The van der Waals surface area contributed by atoms with Crippen LogP contribution in [0.1, 0.15) is 10.4 Å². The van der Waals surface area contributed by atoms with Crippen LogP contribution in [0, 0.1) is 10.1 Å². The van der Waals surface area contributed by atoms with Gasteiger partial charge in [-0.2, -0.15) is 0 Å². The second kappa shape index (κ2) is 7.18. The van der Waals surface area contributed by atoms with Crippen molar-refractivity contribution in [3.8, 4) is 11.3 Å². The van der Waals surface area contributed by atoms with Crippen molar-refractivity contribution in [3.05, 3.63) is 73.6 Å². The maximum absolute atomic E-state index is 12.3. The van der Waals surface area contributed by atoms with Crippen LogP contribution in [0.3, 0.4) is 0 Å². The number of carbonyl (C=O) groups excluding carboxylic acids is 1. The topological polar surface area (TPSA) is 85.1 Å². The van der Waals surface area contributed by atoms with Crippen molar-refractivity contribution in [2.45, 2.75) is 0 Å². The maximum atomic E-state index is 12.3. The number of thiazole rings is 1. The van der Waals surface area contributed by atoms with Gasteiger partial charge in [0.25, 0.3) is 11.6 Å². The van der Waals surface area contributed by atoms with Gasteiger partial charge in [-0.25, -0.2) is 4.98 Å². The molecule has 0 aliphatic heterocycles. The van der Waals surface area contributed by atoms with Crippen molar-refractivity contribution < 1.29 is 9.72 Å². The van der Waals surface area contributed by atoms with E-state index in [1.165, 1.54) is 29.5 Å². The monoisotopic (exact) mass is 393 g/mol. The fraction of sp³-hybridized carbons (Fsp3) is 0. The van der Waals surface area contributed by atoms with E-state index in [-0.39, 0.29) is 11.3 Å². The van der Waals surface area contributed by atoms with Gasteiger partial charge in [0.05, 0.1) is 15.6 Å². The van der Waals surface area contributed by atoms with Crippen molar-refractivity contribution >= 4 is 51.3 Å². The highest BCUT2D eigenvalue weighted by atomic mass is 35.5. The Hall–Kier alpha value is -2.48. The minimum atomic E-state index is -0.606. The van der Waals surface area contributed by atoms with Gasteiger partial charge in [-0.3, -0.25) is 20.2 Å². The molecule has 9 heteroatoms. The summed E-state index contributed by atoms with van der Waals surface area (Å²) in [5, 5.41) is 16.6. The minimum absolute atomic E-state index is 0.0370. The molecule has 1 amide bonds. The van der Waals surface area contributed by atoms with Gasteiger partial charge in [0, 0.05) is 22.0 Å². The van der Waals surface area contributed by atoms with Gasteiger partial charge in [-0.1, -0.05) is 35.3 Å². The highest BCUT2D eigenvalue weighted by Gasteiger charge is 2.20. The fourth-order valence-corrected chi connectivity index (χ4v) is 3.23. The van der Waals surface area contributed by atoms with Gasteiger partial charge in [-0.15, -0.1) is 11.3 Å². The van der Waals surface area contributed by atoms with Crippen LogP contribution < -0.4 is 5.32 Å². The molecule has 0 bridgehead atoms. The van der Waals surface area contributed by atoms with E-state index in [9.17, 15) is 14.9 Å². The number of rotatable bonds is 4. The summed E-state index contributed by atoms with van der Waals surface area (Å²) in [6.45, 7) is 0. The summed E-state index contributed by atoms with van der Waals surface area (Å²) in [6.07, 6.45) is 0. The third-order valence-electron chi connectivity index (χ3n) is 3.27. The number of aromatic nitrogens is 1. The van der Waals surface area contributed by atoms with Gasteiger partial charge in [0.15, 0.2) is 5.13 Å². The first kappa shape index (κ1) is 17.3. The van der Waals surface area contributed by atoms with Crippen LogP contribution in [0.15, 0.2) is 47.8 Å². The zero-order valence-corrected chi connectivity index (χ0v) is 14.7. The number of hydrogen-bond acceptors (Lipinski definition) is 5. The Morgan fingerprint density at radius 1 is 1.20 bits per heavy atom. The molecule has 1 heterocycles. The number of anilines is 1. The lowest BCUT2D eigenvalue weighted by atomic mass is 10.1. The standard InChI is InChI=1S/C16H9Cl2N3O3S/c17-9-5-6-12(18)11(7-9)13-8-25-16(19-13)20-15(22)10-3-1-2-4-14(10)21(23)24/h1-8H,(H,19,20,22). The number of hydrogen-bond donors (Lipinski definition) is 1. The second-order valence-corrected chi connectivity index (χ2v) is 6.59. The van der Waals surface area contributed by atoms with Crippen LogP contribution in [0.5, 0.6) is 0 Å². The molecule has 1 N–H and O–H groups in total. The number of nitrogens with one attached hydrogen (secondary N) is 1. The molecule has 0 radical (unpaired) electrons. The quantitative estimate of drug-likeness (QED) is 0.482. The molecule has 0 atom stereocenters. The van der Waals surface area contributed by atoms with Gasteiger partial charge in [0.1, 0.15) is 5.56 Å². The highest BCUT2D eigenvalue weighted by molar-refractivity contribution is 7.14. The molecule has 126 valence electrons. The molecule has 0 saturated heterocycles. The zero-order chi connectivity index (χ0) is 18.0. The van der Waals surface area contributed by atoms with Gasteiger partial charge in [0.2, 0.25) is 0 Å². The van der Waals surface area contributed by atoms with Crippen LogP contribution in [0.2, 0.25) is 10.0 Å². The summed E-state index contributed by atoms with van der Waals surface area (Å²) in [6, 6.07) is 10.7. The Kier molecular flexibility index (Phi) is 4.98. The number of carbonyl (C=O) groups is 1. The average molecular weight is 394 g/mol. The maximum Gasteiger partial charge on any atom is 0.282 e. The second-order valence-electron chi connectivity index (χ2n) is 4.89. The molecule has 0 aliphatic rings. The first-order valence-corrected chi connectivity index (χ1v) is 8.55. The molecule has 3 aromatic rings. The molecule has 0 aliphatic carbocycles. The number of halogens is 2. The number of nitro groups is 1. The van der Waals surface area contributed by atoms with Crippen LogP contribution in [-0.2, 0) is 0 Å². The number of nitrogens with zero attached hydrogens (tertiary/aromatic N) is 2. The molecule has 25 heavy (non-hydrogen) atoms. The Labute approximate surface area is 156 Å². The fourth-order valence-electron chi connectivity index (χ4n) is 2.14. The molecular formula is C16H9Cl2N3O3S. The highest BCUT2D eigenvalue weighted by Crippen LogP contribution is 2.33. The lowest BCUT2D eigenvalue weighted by Crippen LogP contribution is -2.13. The van der Waals surface area contributed by atoms with Crippen molar-refractivity contribution in [1.82, 2.24) is 4.98 Å². The number of benzene rings is 2. The zero-order valence-electron chi connectivity index (χ0n) is 12.4. The van der Waals surface area contributed by atoms with E-state index in [1.807, 2.05) is 0 Å². The molecule has 3 rings (SSSR count). The number of amides is 1. The Bertz CT molecular complexity index is 975. The predicted molar refractivity (Wildman–Crippen MR) is 98.6 cm³/mol. The summed E-state index contributed by atoms with van der Waals surface area (Å²) in [4.78, 5) is 27.0. The Morgan fingerprint density at radius 2 is 1.96 bits per heavy atom. The largest absolute Gasteiger partial charge is 0.298 e. The Balaban J connectivity index is 1.86. The molecule has 1 aromatic heterocycles. The molecule has 0 unspecified atom stereocenters. The molecule has 0 saturated carbocycles. The summed E-state index contributed by atoms with van der Waals surface area (Å²) in [5.74, 6) is -0.606. The first-order chi connectivity index (χ1) is 12.0. The van der Waals surface area contributed by atoms with Gasteiger partial charge in [-0.05, 0) is 24.3 Å². The lowest BCUT2D eigenvalue weighted by molar-refractivity contribution is -0.385. The van der Waals surface area contributed by atoms with Crippen LogP contribution in [-0.4, -0.2) is 15.8 Å². The third kappa shape index (κ3) is 3.79. The number of para-hydroxylation sites is 1. The van der Waals surface area contributed by atoms with Crippen molar-refractivity contribution in [2.75, 3.05) is 5.32 Å². The lowest BCUT2D eigenvalue weighted by Gasteiger charge is -2.03. The van der Waals surface area contributed by atoms with Gasteiger partial charge >= 0.3 is 0 Å². The van der Waals surface area contributed by atoms with Gasteiger partial charge < -0.3 is 0 Å². The van der Waals surface area contributed by atoms with E-state index in [2.05, 4.69) is 10.3 Å². The number of nitro benzene ring substituents is 1.